The molecule has 2 heterocycles. The van der Waals surface area contributed by atoms with Crippen LogP contribution in [-0.2, 0) is 4.74 Å². The van der Waals surface area contributed by atoms with Crippen LogP contribution < -0.4 is 0 Å². The molecule has 16 heavy (non-hydrogen) atoms. The van der Waals surface area contributed by atoms with Gasteiger partial charge in [-0.15, -0.1) is 23.5 Å². The van der Waals surface area contributed by atoms with Gasteiger partial charge in [0.1, 0.15) is 0 Å². The fourth-order valence-corrected chi connectivity index (χ4v) is 4.26. The normalized spacial score (nSPS) is 26.8. The van der Waals surface area contributed by atoms with Crippen LogP contribution in [0, 0.1) is 0 Å². The van der Waals surface area contributed by atoms with Crippen molar-refractivity contribution < 1.29 is 4.74 Å². The molecule has 1 aromatic carbocycles. The third kappa shape index (κ3) is 3.62. The highest BCUT2D eigenvalue weighted by Gasteiger charge is 2.23. The Hall–Kier alpha value is 0.230. The Bertz CT molecular complexity index is 330. The second-order valence-corrected chi connectivity index (χ2v) is 7.53. The van der Waals surface area contributed by atoms with E-state index in [0.29, 0.717) is 6.10 Å². The van der Waals surface area contributed by atoms with Crippen LogP contribution in [0.3, 0.4) is 0 Å². The number of rotatable bonds is 6. The molecule has 3 rings (SSSR count). The summed E-state index contributed by atoms with van der Waals surface area (Å²) in [5, 5.41) is 0.918. The number of ether oxygens (including phenoxy) is 1. The molecule has 2 fully saturated rings. The fourth-order valence-electron chi connectivity index (χ4n) is 1.36. The lowest BCUT2D eigenvalue weighted by Gasteiger charge is -2.03. The van der Waals surface area contributed by atoms with Gasteiger partial charge in [-0.05, 0) is 18.2 Å². The lowest BCUT2D eigenvalue weighted by atomic mass is 10.4. The molecule has 2 unspecified atom stereocenters. The van der Waals surface area contributed by atoms with E-state index < -0.39 is 0 Å². The molecular formula is C12H14OS3. The minimum Gasteiger partial charge on any atom is -0.372 e. The Morgan fingerprint density at radius 1 is 1.25 bits per heavy atom. The first-order valence-corrected chi connectivity index (χ1v) is 8.51. The highest BCUT2D eigenvalue weighted by atomic mass is 32.2. The minimum atomic E-state index is 0.518. The monoisotopic (exact) mass is 270 g/mol. The quantitative estimate of drug-likeness (QED) is 0.580. The number of hydrogen-bond donors (Lipinski definition) is 0. The van der Waals surface area contributed by atoms with Crippen LogP contribution in [-0.4, -0.2) is 35.2 Å². The molecule has 1 aromatic rings. The maximum Gasteiger partial charge on any atom is 0.0903 e. The second kappa shape index (κ2) is 5.25. The maximum atomic E-state index is 5.22. The summed E-state index contributed by atoms with van der Waals surface area (Å²) in [4.78, 5) is 2.79. The summed E-state index contributed by atoms with van der Waals surface area (Å²) < 4.78 is 5.22. The number of hydrogen-bond acceptors (Lipinski definition) is 4. The van der Waals surface area contributed by atoms with Crippen LogP contribution in [0.4, 0.5) is 0 Å². The van der Waals surface area contributed by atoms with Crippen molar-refractivity contribution in [2.24, 2.45) is 0 Å². The van der Waals surface area contributed by atoms with E-state index in [9.17, 15) is 0 Å². The van der Waals surface area contributed by atoms with Crippen molar-refractivity contribution in [1.29, 1.82) is 0 Å². The van der Waals surface area contributed by atoms with Gasteiger partial charge in [0, 0.05) is 32.3 Å². The summed E-state index contributed by atoms with van der Waals surface area (Å²) in [6, 6.07) is 8.89. The van der Waals surface area contributed by atoms with Gasteiger partial charge in [-0.3, -0.25) is 0 Å². The Labute approximate surface area is 109 Å². The molecule has 0 aliphatic carbocycles. The Kier molecular flexibility index (Phi) is 3.72. The molecule has 2 saturated heterocycles. The van der Waals surface area contributed by atoms with Crippen molar-refractivity contribution in [2.75, 3.05) is 23.9 Å². The van der Waals surface area contributed by atoms with Crippen molar-refractivity contribution in [2.45, 2.75) is 21.1 Å². The number of epoxide rings is 1. The third-order valence-corrected chi connectivity index (χ3v) is 5.95. The van der Waals surface area contributed by atoms with E-state index in [1.165, 1.54) is 21.3 Å². The summed E-state index contributed by atoms with van der Waals surface area (Å²) in [5.74, 6) is 3.73. The van der Waals surface area contributed by atoms with Crippen LogP contribution in [0.15, 0.2) is 34.1 Å². The first-order chi connectivity index (χ1) is 7.90. The van der Waals surface area contributed by atoms with Crippen LogP contribution in [0.1, 0.15) is 0 Å². The lowest BCUT2D eigenvalue weighted by Crippen LogP contribution is -1.89. The first-order valence-electron chi connectivity index (χ1n) is 5.49. The van der Waals surface area contributed by atoms with Gasteiger partial charge >= 0.3 is 0 Å². The number of thioether (sulfide) groups is 3. The minimum absolute atomic E-state index is 0.518. The van der Waals surface area contributed by atoms with E-state index in [4.69, 9.17) is 4.74 Å². The molecule has 86 valence electrons. The SMILES string of the molecule is c1cc(SCC2CO2)cc(SCC2CS2)c1. The summed E-state index contributed by atoms with van der Waals surface area (Å²) in [6.07, 6.45) is 0.518. The van der Waals surface area contributed by atoms with Crippen LogP contribution in [0.25, 0.3) is 0 Å². The average molecular weight is 270 g/mol. The summed E-state index contributed by atoms with van der Waals surface area (Å²) >= 11 is 5.97. The largest absolute Gasteiger partial charge is 0.372 e. The van der Waals surface area contributed by atoms with Gasteiger partial charge in [-0.2, -0.15) is 11.8 Å². The summed E-state index contributed by atoms with van der Waals surface area (Å²) in [7, 11) is 0. The van der Waals surface area contributed by atoms with E-state index >= 15 is 0 Å². The predicted molar refractivity (Wildman–Crippen MR) is 73.9 cm³/mol. The van der Waals surface area contributed by atoms with Crippen LogP contribution in [0.5, 0.6) is 0 Å². The van der Waals surface area contributed by atoms with Gasteiger partial charge in [0.2, 0.25) is 0 Å². The molecule has 0 aromatic heterocycles. The van der Waals surface area contributed by atoms with Gasteiger partial charge in [-0.25, -0.2) is 0 Å². The fraction of sp³-hybridized carbons (Fsp3) is 0.500. The average Bonchev–Trinajstić information content (AvgIpc) is 3.17. The van der Waals surface area contributed by atoms with Crippen molar-refractivity contribution in [3.8, 4) is 0 Å². The van der Waals surface area contributed by atoms with Gasteiger partial charge in [0.05, 0.1) is 12.7 Å². The first kappa shape index (κ1) is 11.3. The van der Waals surface area contributed by atoms with Gasteiger partial charge in [0.15, 0.2) is 0 Å². The zero-order chi connectivity index (χ0) is 10.8. The smallest absolute Gasteiger partial charge is 0.0903 e. The van der Waals surface area contributed by atoms with E-state index in [1.807, 2.05) is 23.5 Å². The van der Waals surface area contributed by atoms with E-state index in [2.05, 4.69) is 36.0 Å². The van der Waals surface area contributed by atoms with Gasteiger partial charge < -0.3 is 4.74 Å². The zero-order valence-corrected chi connectivity index (χ0v) is 11.4. The Morgan fingerprint density at radius 2 is 1.94 bits per heavy atom. The third-order valence-electron chi connectivity index (χ3n) is 2.48. The molecule has 4 heteroatoms. The zero-order valence-electron chi connectivity index (χ0n) is 8.93. The van der Waals surface area contributed by atoms with Crippen molar-refractivity contribution in [3.05, 3.63) is 24.3 Å². The van der Waals surface area contributed by atoms with Crippen molar-refractivity contribution in [1.82, 2.24) is 0 Å². The summed E-state index contributed by atoms with van der Waals surface area (Å²) in [6.45, 7) is 0.959. The maximum absolute atomic E-state index is 5.22. The molecule has 1 nitrogen and oxygen atoms in total. The molecule has 0 bridgehead atoms. The second-order valence-electron chi connectivity index (χ2n) is 4.01. The van der Waals surface area contributed by atoms with Crippen molar-refractivity contribution in [3.63, 3.8) is 0 Å². The molecule has 0 N–H and O–H groups in total. The molecule has 2 atom stereocenters. The van der Waals surface area contributed by atoms with Gasteiger partial charge in [0.25, 0.3) is 0 Å². The summed E-state index contributed by atoms with van der Waals surface area (Å²) in [5.41, 5.74) is 0. The Balaban J connectivity index is 1.52. The van der Waals surface area contributed by atoms with Gasteiger partial charge in [-0.1, -0.05) is 6.07 Å². The predicted octanol–water partition coefficient (Wildman–Crippen LogP) is 3.39. The Morgan fingerprint density at radius 3 is 2.56 bits per heavy atom. The molecule has 0 radical (unpaired) electrons. The molecule has 0 saturated carbocycles. The number of benzene rings is 1. The highest BCUT2D eigenvalue weighted by Crippen LogP contribution is 2.36. The molecular weight excluding hydrogens is 256 g/mol. The van der Waals surface area contributed by atoms with E-state index in [1.54, 1.807) is 0 Å². The van der Waals surface area contributed by atoms with Crippen LogP contribution >= 0.6 is 35.3 Å². The van der Waals surface area contributed by atoms with Crippen molar-refractivity contribution >= 4 is 35.3 Å². The van der Waals surface area contributed by atoms with E-state index in [0.717, 1.165) is 17.6 Å². The molecule has 2 aliphatic heterocycles. The topological polar surface area (TPSA) is 12.5 Å². The molecule has 0 spiro atoms. The van der Waals surface area contributed by atoms with E-state index in [-0.39, 0.29) is 0 Å². The molecule has 2 aliphatic rings. The molecule has 0 amide bonds. The van der Waals surface area contributed by atoms with Crippen LogP contribution in [0.2, 0.25) is 0 Å². The lowest BCUT2D eigenvalue weighted by molar-refractivity contribution is 0.426. The standard InChI is InChI=1S/C12H14OS3/c1-2-10(14-6-9-5-13-9)4-11(3-1)15-7-12-8-16-12/h1-4,9,12H,5-8H2. The highest BCUT2D eigenvalue weighted by molar-refractivity contribution is 8.08.